The van der Waals surface area contributed by atoms with Gasteiger partial charge in [0.2, 0.25) is 11.6 Å². The molecular formula is C23H23N3O4. The first-order valence-corrected chi connectivity index (χ1v) is 10.1. The second-order valence-electron chi connectivity index (χ2n) is 7.61. The number of Topliss-reactive ketones (excluding diaryl/α,β-unsaturated/α-hetero) is 1. The van der Waals surface area contributed by atoms with Gasteiger partial charge in [-0.05, 0) is 37.6 Å². The van der Waals surface area contributed by atoms with Crippen LogP contribution in [-0.2, 0) is 9.59 Å². The maximum atomic E-state index is 13.7. The van der Waals surface area contributed by atoms with Crippen LogP contribution >= 0.6 is 0 Å². The Morgan fingerprint density at radius 2 is 1.87 bits per heavy atom. The molecule has 30 heavy (non-hydrogen) atoms. The van der Waals surface area contributed by atoms with Gasteiger partial charge in [-0.3, -0.25) is 24.1 Å². The summed E-state index contributed by atoms with van der Waals surface area (Å²) in [4.78, 5) is 54.6. The highest BCUT2D eigenvalue weighted by Gasteiger charge is 2.60. The molecule has 0 radical (unpaired) electrons. The van der Waals surface area contributed by atoms with Crippen molar-refractivity contribution in [2.24, 2.45) is 0 Å². The maximum Gasteiger partial charge on any atom is 0.271 e. The average molecular weight is 405 g/mol. The number of carbonyl (C=O) groups is 4. The molecule has 1 unspecified atom stereocenters. The Hall–Kier alpha value is -3.48. The molecule has 0 spiro atoms. The summed E-state index contributed by atoms with van der Waals surface area (Å²) in [7, 11) is 0. The fraction of sp³-hybridized carbons (Fsp3) is 0.304. The van der Waals surface area contributed by atoms with Gasteiger partial charge in [-0.15, -0.1) is 0 Å². The minimum atomic E-state index is -1.43. The van der Waals surface area contributed by atoms with E-state index in [-0.39, 0.29) is 30.4 Å². The van der Waals surface area contributed by atoms with Crippen molar-refractivity contribution < 1.29 is 19.2 Å². The molecule has 0 aromatic heterocycles. The lowest BCUT2D eigenvalue weighted by atomic mass is 9.95. The summed E-state index contributed by atoms with van der Waals surface area (Å²) < 4.78 is 0. The Labute approximate surface area is 174 Å². The average Bonchev–Trinajstić information content (AvgIpc) is 3.09. The van der Waals surface area contributed by atoms with Crippen LogP contribution in [-0.4, -0.2) is 40.6 Å². The predicted octanol–water partition coefficient (Wildman–Crippen LogP) is 3.22. The molecule has 0 saturated carbocycles. The van der Waals surface area contributed by atoms with Gasteiger partial charge in [0.25, 0.3) is 11.8 Å². The maximum absolute atomic E-state index is 13.7. The smallest absolute Gasteiger partial charge is 0.271 e. The van der Waals surface area contributed by atoms with E-state index in [0.717, 1.165) is 0 Å². The first-order valence-electron chi connectivity index (χ1n) is 10.1. The first kappa shape index (κ1) is 19.8. The van der Waals surface area contributed by atoms with Crippen LogP contribution < -0.4 is 10.2 Å². The van der Waals surface area contributed by atoms with E-state index < -0.39 is 11.6 Å². The lowest BCUT2D eigenvalue weighted by Crippen LogP contribution is -2.69. The van der Waals surface area contributed by atoms with Crippen LogP contribution in [0.2, 0.25) is 0 Å². The summed E-state index contributed by atoms with van der Waals surface area (Å²) in [6, 6.07) is 13.5. The molecule has 2 aromatic rings. The van der Waals surface area contributed by atoms with Gasteiger partial charge >= 0.3 is 0 Å². The number of ketones is 1. The second-order valence-corrected chi connectivity index (χ2v) is 7.61. The van der Waals surface area contributed by atoms with Crippen molar-refractivity contribution in [3.8, 4) is 0 Å². The van der Waals surface area contributed by atoms with Crippen LogP contribution in [0, 0.1) is 0 Å². The summed E-state index contributed by atoms with van der Waals surface area (Å²) in [5.41, 5.74) is 0.377. The summed E-state index contributed by atoms with van der Waals surface area (Å²) >= 11 is 0. The van der Waals surface area contributed by atoms with Gasteiger partial charge in [-0.2, -0.15) is 0 Å². The number of nitrogens with one attached hydrogen (secondary N) is 1. The molecule has 2 aliphatic rings. The highest BCUT2D eigenvalue weighted by molar-refractivity contribution is 6.18. The molecule has 2 aliphatic heterocycles. The summed E-state index contributed by atoms with van der Waals surface area (Å²) in [5, 5.41) is 2.85. The number of amides is 3. The van der Waals surface area contributed by atoms with Crippen LogP contribution in [0.4, 0.5) is 11.4 Å². The number of carbonyl (C=O) groups excluding carboxylic acids is 4. The van der Waals surface area contributed by atoms with Crippen LogP contribution in [0.3, 0.4) is 0 Å². The number of benzene rings is 2. The van der Waals surface area contributed by atoms with Crippen molar-refractivity contribution in [3.05, 3.63) is 59.7 Å². The summed E-state index contributed by atoms with van der Waals surface area (Å²) in [6.07, 6.45) is 1.03. The zero-order chi connectivity index (χ0) is 21.5. The SMILES string of the molecule is CCCN1C(=O)c2ccccc2N2C(=O)CCC12C(=O)Nc1cccc(C(C)=O)c1. The molecule has 2 heterocycles. The topological polar surface area (TPSA) is 86.8 Å². The molecule has 0 aliphatic carbocycles. The van der Waals surface area contributed by atoms with E-state index in [1.807, 2.05) is 6.92 Å². The monoisotopic (exact) mass is 405 g/mol. The minimum absolute atomic E-state index is 0.115. The lowest BCUT2D eigenvalue weighted by Gasteiger charge is -2.49. The molecule has 7 heteroatoms. The Bertz CT molecular complexity index is 1060. The first-order chi connectivity index (χ1) is 14.4. The van der Waals surface area contributed by atoms with Crippen LogP contribution in [0.15, 0.2) is 48.5 Å². The Kier molecular flexibility index (Phi) is 4.89. The van der Waals surface area contributed by atoms with E-state index in [4.69, 9.17) is 0 Å². The Balaban J connectivity index is 1.81. The molecule has 4 rings (SSSR count). The highest BCUT2D eigenvalue weighted by atomic mass is 16.2. The lowest BCUT2D eigenvalue weighted by molar-refractivity contribution is -0.128. The van der Waals surface area contributed by atoms with Gasteiger partial charge in [0.15, 0.2) is 5.78 Å². The molecule has 1 saturated heterocycles. The number of anilines is 2. The van der Waals surface area contributed by atoms with E-state index in [1.165, 1.54) is 16.7 Å². The molecule has 1 N–H and O–H groups in total. The second kappa shape index (κ2) is 7.40. The fourth-order valence-electron chi connectivity index (χ4n) is 4.36. The van der Waals surface area contributed by atoms with Crippen molar-refractivity contribution >= 4 is 34.9 Å². The number of fused-ring (bicyclic) bond motifs is 3. The molecule has 3 amide bonds. The number of hydrogen-bond acceptors (Lipinski definition) is 4. The third-order valence-corrected chi connectivity index (χ3v) is 5.71. The van der Waals surface area contributed by atoms with Gasteiger partial charge in [0.1, 0.15) is 0 Å². The number of hydrogen-bond donors (Lipinski definition) is 1. The minimum Gasteiger partial charge on any atom is -0.322 e. The molecule has 154 valence electrons. The molecule has 7 nitrogen and oxygen atoms in total. The molecule has 1 atom stereocenters. The van der Waals surface area contributed by atoms with Crippen LogP contribution in [0.25, 0.3) is 0 Å². The van der Waals surface area contributed by atoms with E-state index in [1.54, 1.807) is 48.5 Å². The van der Waals surface area contributed by atoms with Gasteiger partial charge in [0.05, 0.1) is 11.3 Å². The quantitative estimate of drug-likeness (QED) is 0.774. The molecule has 0 bridgehead atoms. The zero-order valence-electron chi connectivity index (χ0n) is 17.0. The summed E-state index contributed by atoms with van der Waals surface area (Å²) in [5.74, 6) is -1.02. The predicted molar refractivity (Wildman–Crippen MR) is 112 cm³/mol. The molecular weight excluding hydrogens is 382 g/mol. The van der Waals surface area contributed by atoms with E-state index in [0.29, 0.717) is 35.5 Å². The number of para-hydroxylation sites is 1. The fourth-order valence-corrected chi connectivity index (χ4v) is 4.36. The van der Waals surface area contributed by atoms with E-state index in [9.17, 15) is 19.2 Å². The van der Waals surface area contributed by atoms with Crippen LogP contribution in [0.5, 0.6) is 0 Å². The van der Waals surface area contributed by atoms with Crippen LogP contribution in [0.1, 0.15) is 53.8 Å². The van der Waals surface area contributed by atoms with Gasteiger partial charge < -0.3 is 10.2 Å². The number of nitrogens with zero attached hydrogens (tertiary/aromatic N) is 2. The third-order valence-electron chi connectivity index (χ3n) is 5.71. The zero-order valence-corrected chi connectivity index (χ0v) is 17.0. The van der Waals surface area contributed by atoms with Crippen molar-refractivity contribution in [3.63, 3.8) is 0 Å². The largest absolute Gasteiger partial charge is 0.322 e. The summed E-state index contributed by atoms with van der Waals surface area (Å²) in [6.45, 7) is 3.73. The Morgan fingerprint density at radius 3 is 2.60 bits per heavy atom. The highest BCUT2D eigenvalue weighted by Crippen LogP contribution is 2.45. The molecule has 1 fully saturated rings. The van der Waals surface area contributed by atoms with Crippen molar-refractivity contribution in [2.45, 2.75) is 38.8 Å². The molecule has 2 aromatic carbocycles. The van der Waals surface area contributed by atoms with Gasteiger partial charge in [0, 0.05) is 30.6 Å². The Morgan fingerprint density at radius 1 is 1.10 bits per heavy atom. The van der Waals surface area contributed by atoms with Gasteiger partial charge in [-0.1, -0.05) is 31.2 Å². The van der Waals surface area contributed by atoms with Crippen molar-refractivity contribution in [2.75, 3.05) is 16.8 Å². The normalized spacial score (nSPS) is 20.1. The standard InChI is InChI=1S/C23H23N3O4/c1-3-13-25-21(29)18-9-4-5-10-19(18)26-20(28)11-12-23(25,26)22(30)24-17-8-6-7-16(14-17)15(2)27/h4-10,14H,3,11-13H2,1-2H3,(H,24,30). The van der Waals surface area contributed by atoms with E-state index in [2.05, 4.69) is 5.32 Å². The van der Waals surface area contributed by atoms with Crippen molar-refractivity contribution in [1.29, 1.82) is 0 Å². The van der Waals surface area contributed by atoms with Gasteiger partial charge in [-0.25, -0.2) is 0 Å². The third kappa shape index (κ3) is 2.89. The van der Waals surface area contributed by atoms with Crippen molar-refractivity contribution in [1.82, 2.24) is 4.90 Å². The number of rotatable bonds is 5. The van der Waals surface area contributed by atoms with E-state index >= 15 is 0 Å².